The molecule has 1 aliphatic heterocycles. The number of anilines is 1. The van der Waals surface area contributed by atoms with Gasteiger partial charge in [0.05, 0.1) is 17.1 Å². The van der Waals surface area contributed by atoms with E-state index >= 15 is 0 Å². The van der Waals surface area contributed by atoms with Crippen molar-refractivity contribution in [2.75, 3.05) is 18.5 Å². The van der Waals surface area contributed by atoms with Crippen LogP contribution in [-0.4, -0.2) is 38.0 Å². The van der Waals surface area contributed by atoms with Crippen LogP contribution in [0.1, 0.15) is 25.0 Å². The molecule has 0 saturated carbocycles. The summed E-state index contributed by atoms with van der Waals surface area (Å²) in [5.41, 5.74) is 4.63. The van der Waals surface area contributed by atoms with E-state index in [1.165, 1.54) is 4.31 Å². The van der Waals surface area contributed by atoms with Gasteiger partial charge in [-0.2, -0.15) is 4.31 Å². The molecule has 118 valence electrons. The summed E-state index contributed by atoms with van der Waals surface area (Å²) < 4.78 is 33.0. The summed E-state index contributed by atoms with van der Waals surface area (Å²) in [5.74, 6) is 5.40. The van der Waals surface area contributed by atoms with Gasteiger partial charge >= 0.3 is 0 Å². The first kappa shape index (κ1) is 16.2. The van der Waals surface area contributed by atoms with E-state index in [9.17, 15) is 8.42 Å². The van der Waals surface area contributed by atoms with Crippen molar-refractivity contribution in [1.82, 2.24) is 4.31 Å². The molecule has 0 radical (unpaired) electrons. The SMILES string of the molecule is Cc1cc(NN)cc(C)c1S(=O)(=O)N1C[C@@H](C)O[C@@H](C)C1. The van der Waals surface area contributed by atoms with Gasteiger partial charge in [0.2, 0.25) is 10.0 Å². The van der Waals surface area contributed by atoms with Crippen LogP contribution in [0.5, 0.6) is 0 Å². The van der Waals surface area contributed by atoms with E-state index in [2.05, 4.69) is 5.43 Å². The molecule has 1 heterocycles. The number of nitrogens with one attached hydrogen (secondary N) is 1. The highest BCUT2D eigenvalue weighted by atomic mass is 32.2. The minimum absolute atomic E-state index is 0.103. The van der Waals surface area contributed by atoms with Gasteiger partial charge in [0.25, 0.3) is 0 Å². The van der Waals surface area contributed by atoms with Crippen molar-refractivity contribution in [2.24, 2.45) is 5.84 Å². The molecule has 1 saturated heterocycles. The van der Waals surface area contributed by atoms with Crippen LogP contribution in [0.2, 0.25) is 0 Å². The molecule has 0 aliphatic carbocycles. The Morgan fingerprint density at radius 1 is 1.19 bits per heavy atom. The molecule has 3 N–H and O–H groups in total. The van der Waals surface area contributed by atoms with E-state index in [1.807, 2.05) is 13.8 Å². The van der Waals surface area contributed by atoms with Crippen LogP contribution < -0.4 is 11.3 Å². The molecule has 6 nitrogen and oxygen atoms in total. The number of nitrogens with two attached hydrogens (primary N) is 1. The third-order valence-corrected chi connectivity index (χ3v) is 5.75. The molecule has 21 heavy (non-hydrogen) atoms. The van der Waals surface area contributed by atoms with Crippen molar-refractivity contribution in [1.29, 1.82) is 0 Å². The maximum absolute atomic E-state index is 12.9. The van der Waals surface area contributed by atoms with Crippen LogP contribution in [0.3, 0.4) is 0 Å². The highest BCUT2D eigenvalue weighted by Gasteiger charge is 2.34. The van der Waals surface area contributed by atoms with E-state index in [4.69, 9.17) is 10.6 Å². The number of benzene rings is 1. The van der Waals surface area contributed by atoms with Crippen LogP contribution in [0, 0.1) is 13.8 Å². The average Bonchev–Trinajstić information content (AvgIpc) is 2.36. The second-order valence-corrected chi connectivity index (χ2v) is 7.54. The van der Waals surface area contributed by atoms with E-state index in [1.54, 1.807) is 26.0 Å². The normalized spacial score (nSPS) is 24.0. The summed E-state index contributed by atoms with van der Waals surface area (Å²) in [6.45, 7) is 8.10. The molecule has 2 atom stereocenters. The lowest BCUT2D eigenvalue weighted by molar-refractivity contribution is -0.0441. The number of morpholine rings is 1. The number of ether oxygens (including phenoxy) is 1. The van der Waals surface area contributed by atoms with Crippen LogP contribution in [0.15, 0.2) is 17.0 Å². The highest BCUT2D eigenvalue weighted by Crippen LogP contribution is 2.28. The maximum atomic E-state index is 12.9. The zero-order valence-corrected chi connectivity index (χ0v) is 13.7. The average molecular weight is 313 g/mol. The summed E-state index contributed by atoms with van der Waals surface area (Å²) in [6.07, 6.45) is -0.205. The third-order valence-electron chi connectivity index (χ3n) is 3.61. The van der Waals surface area contributed by atoms with Gasteiger partial charge in [-0.1, -0.05) is 0 Å². The van der Waals surface area contributed by atoms with Gasteiger partial charge in [0.1, 0.15) is 0 Å². The number of hydrogen-bond acceptors (Lipinski definition) is 5. The van der Waals surface area contributed by atoms with E-state index in [-0.39, 0.29) is 12.2 Å². The van der Waals surface area contributed by atoms with Gasteiger partial charge in [-0.25, -0.2) is 8.42 Å². The summed E-state index contributed by atoms with van der Waals surface area (Å²) >= 11 is 0. The molecule has 0 aromatic heterocycles. The topological polar surface area (TPSA) is 84.7 Å². The zero-order valence-electron chi connectivity index (χ0n) is 12.9. The lowest BCUT2D eigenvalue weighted by Gasteiger charge is -2.35. The standard InChI is InChI=1S/C14H23N3O3S/c1-9-5-13(16-15)6-10(2)14(9)21(18,19)17-7-11(3)20-12(4)8-17/h5-6,11-12,16H,7-8,15H2,1-4H3/t11-,12+. The van der Waals surface area contributed by atoms with Crippen LogP contribution >= 0.6 is 0 Å². The van der Waals surface area contributed by atoms with Crippen LogP contribution in [0.4, 0.5) is 5.69 Å². The predicted octanol–water partition coefficient (Wildman–Crippen LogP) is 1.39. The van der Waals surface area contributed by atoms with E-state index in [0.717, 1.165) is 0 Å². The maximum Gasteiger partial charge on any atom is 0.243 e. The molecule has 1 aromatic rings. The highest BCUT2D eigenvalue weighted by molar-refractivity contribution is 7.89. The Hall–Kier alpha value is -1.15. The molecule has 0 bridgehead atoms. The van der Waals surface area contributed by atoms with Crippen molar-refractivity contribution in [3.05, 3.63) is 23.3 Å². The first-order chi connectivity index (χ1) is 9.75. The Labute approximate surface area is 126 Å². The molecule has 2 rings (SSSR count). The molecule has 0 amide bonds. The van der Waals surface area contributed by atoms with Gasteiger partial charge in [-0.05, 0) is 51.0 Å². The monoisotopic (exact) mass is 313 g/mol. The quantitative estimate of drug-likeness (QED) is 0.650. The number of hydrogen-bond donors (Lipinski definition) is 2. The summed E-state index contributed by atoms with van der Waals surface area (Å²) in [7, 11) is -3.53. The Kier molecular flexibility index (Phi) is 4.57. The number of sulfonamides is 1. The van der Waals surface area contributed by atoms with Gasteiger partial charge in [0, 0.05) is 18.8 Å². The third kappa shape index (κ3) is 3.21. The first-order valence-electron chi connectivity index (χ1n) is 6.99. The number of hydrazine groups is 1. The smallest absolute Gasteiger partial charge is 0.243 e. The van der Waals surface area contributed by atoms with Gasteiger partial charge in [-0.3, -0.25) is 5.84 Å². The summed E-state index contributed by atoms with van der Waals surface area (Å²) in [6, 6.07) is 3.49. The number of aryl methyl sites for hydroxylation is 2. The Bertz CT molecular complexity index is 597. The van der Waals surface area contributed by atoms with Crippen molar-refractivity contribution in [3.63, 3.8) is 0 Å². The number of rotatable bonds is 3. The van der Waals surface area contributed by atoms with Crippen molar-refractivity contribution < 1.29 is 13.2 Å². The van der Waals surface area contributed by atoms with Crippen molar-refractivity contribution >= 4 is 15.7 Å². The first-order valence-corrected chi connectivity index (χ1v) is 8.43. The minimum atomic E-state index is -3.53. The fourth-order valence-electron chi connectivity index (χ4n) is 2.90. The lowest BCUT2D eigenvalue weighted by Crippen LogP contribution is -2.48. The molecule has 0 unspecified atom stereocenters. The number of nitrogens with zero attached hydrogens (tertiary/aromatic N) is 1. The summed E-state index contributed by atoms with van der Waals surface area (Å²) in [5, 5.41) is 0. The molecule has 1 aliphatic rings. The molecular formula is C14H23N3O3S. The Balaban J connectivity index is 2.44. The zero-order chi connectivity index (χ0) is 15.8. The molecule has 1 aromatic carbocycles. The lowest BCUT2D eigenvalue weighted by atomic mass is 10.1. The van der Waals surface area contributed by atoms with Crippen LogP contribution in [0.25, 0.3) is 0 Å². The largest absolute Gasteiger partial charge is 0.373 e. The predicted molar refractivity (Wildman–Crippen MR) is 82.5 cm³/mol. The van der Waals surface area contributed by atoms with E-state index in [0.29, 0.717) is 34.8 Å². The molecule has 1 fully saturated rings. The Morgan fingerprint density at radius 2 is 1.67 bits per heavy atom. The fourth-order valence-corrected chi connectivity index (χ4v) is 4.90. The molecular weight excluding hydrogens is 290 g/mol. The Morgan fingerprint density at radius 3 is 2.10 bits per heavy atom. The van der Waals surface area contributed by atoms with Crippen molar-refractivity contribution in [2.45, 2.75) is 44.8 Å². The summed E-state index contributed by atoms with van der Waals surface area (Å²) in [4.78, 5) is 0.364. The van der Waals surface area contributed by atoms with Crippen LogP contribution in [-0.2, 0) is 14.8 Å². The fraction of sp³-hybridized carbons (Fsp3) is 0.571. The molecule has 0 spiro atoms. The minimum Gasteiger partial charge on any atom is -0.373 e. The van der Waals surface area contributed by atoms with Gasteiger partial charge < -0.3 is 10.2 Å². The second kappa shape index (κ2) is 5.92. The van der Waals surface area contributed by atoms with E-state index < -0.39 is 10.0 Å². The second-order valence-electron chi connectivity index (χ2n) is 5.66. The van der Waals surface area contributed by atoms with Crippen molar-refractivity contribution in [3.8, 4) is 0 Å². The number of nitrogen functional groups attached to an aromatic ring is 1. The van der Waals surface area contributed by atoms with Gasteiger partial charge in [-0.15, -0.1) is 0 Å². The van der Waals surface area contributed by atoms with Gasteiger partial charge in [0.15, 0.2) is 0 Å². The molecule has 7 heteroatoms.